The molecule has 4 rings (SSSR count). The average molecular weight is 325 g/mol. The van der Waals surface area contributed by atoms with Crippen LogP contribution in [0.1, 0.15) is 43.4 Å². The first-order valence-electron chi connectivity index (χ1n) is 10.1. The maximum absolute atomic E-state index is 8.22. The number of aromatic nitrogens is 1. The van der Waals surface area contributed by atoms with Crippen LogP contribution in [0.5, 0.6) is 0 Å². The second-order valence-corrected chi connectivity index (χ2v) is 6.50. The minimum absolute atomic E-state index is 0.374. The van der Waals surface area contributed by atoms with E-state index in [0.717, 1.165) is 22.0 Å². The highest BCUT2D eigenvalue weighted by molar-refractivity contribution is 6.08. The van der Waals surface area contributed by atoms with Gasteiger partial charge in [-0.15, -0.1) is 0 Å². The summed E-state index contributed by atoms with van der Waals surface area (Å²) in [6.45, 7) is 5.20. The van der Waals surface area contributed by atoms with Crippen LogP contribution in [0.15, 0.2) is 41.1 Å². The van der Waals surface area contributed by atoms with Crippen molar-refractivity contribution in [1.82, 2.24) is 9.88 Å². The number of aryl methyl sites for hydroxylation is 1. The van der Waals surface area contributed by atoms with Gasteiger partial charge in [0.05, 0.1) is 5.69 Å². The van der Waals surface area contributed by atoms with E-state index in [1.165, 1.54) is 4.90 Å². The van der Waals surface area contributed by atoms with Crippen molar-refractivity contribution in [3.63, 3.8) is 0 Å². The van der Waals surface area contributed by atoms with Gasteiger partial charge in [-0.1, -0.05) is 26.0 Å². The van der Waals surface area contributed by atoms with E-state index in [2.05, 4.69) is 4.98 Å². The molecule has 24 heavy (non-hydrogen) atoms. The third kappa shape index (κ3) is 2.09. The monoisotopic (exact) mass is 325 g/mol. The Balaban J connectivity index is 1.90. The minimum Gasteiger partial charge on any atom is -0.435 e. The van der Waals surface area contributed by atoms with E-state index < -0.39 is 12.9 Å². The molecule has 0 radical (unpaired) electrons. The molecule has 1 aromatic carbocycles. The predicted octanol–water partition coefficient (Wildman–Crippen LogP) is 4.98. The Morgan fingerprint density at radius 2 is 2.00 bits per heavy atom. The highest BCUT2D eigenvalue weighted by Gasteiger charge is 2.25. The average Bonchev–Trinajstić information content (AvgIpc) is 3.13. The van der Waals surface area contributed by atoms with E-state index in [1.54, 1.807) is 26.2 Å². The molecule has 1 aliphatic heterocycles. The molecule has 0 aliphatic carbocycles. The van der Waals surface area contributed by atoms with E-state index >= 15 is 0 Å². The van der Waals surface area contributed by atoms with Crippen LogP contribution in [0.25, 0.3) is 22.1 Å². The highest BCUT2D eigenvalue weighted by Crippen LogP contribution is 2.39. The van der Waals surface area contributed by atoms with Crippen LogP contribution in [-0.2, 0) is 0 Å². The molecule has 4 heteroatoms. The maximum atomic E-state index is 8.22. The number of hydrogen-bond acceptors (Lipinski definition) is 4. The quantitative estimate of drug-likeness (QED) is 0.665. The third-order valence-corrected chi connectivity index (χ3v) is 4.65. The van der Waals surface area contributed by atoms with Crippen LogP contribution >= 0.6 is 0 Å². The van der Waals surface area contributed by atoms with Gasteiger partial charge >= 0.3 is 0 Å². The lowest BCUT2D eigenvalue weighted by molar-refractivity contribution is 0.383. The first kappa shape index (κ1) is 11.1. The van der Waals surface area contributed by atoms with Crippen LogP contribution in [-0.4, -0.2) is 23.0 Å². The van der Waals surface area contributed by atoms with Crippen molar-refractivity contribution in [2.75, 3.05) is 11.9 Å². The Kier molecular flexibility index (Phi) is 2.44. The number of furan rings is 1. The van der Waals surface area contributed by atoms with Crippen molar-refractivity contribution >= 4 is 27.8 Å². The van der Waals surface area contributed by atoms with Crippen molar-refractivity contribution in [3.05, 3.63) is 47.9 Å². The van der Waals surface area contributed by atoms with Crippen LogP contribution in [0.3, 0.4) is 0 Å². The first-order chi connectivity index (χ1) is 13.0. The molecule has 0 saturated carbocycles. The summed E-state index contributed by atoms with van der Waals surface area (Å²) in [7, 11) is 0. The van der Waals surface area contributed by atoms with E-state index in [9.17, 15) is 0 Å². The Hall–Kier alpha value is -2.49. The highest BCUT2D eigenvalue weighted by atomic mass is 16.3. The summed E-state index contributed by atoms with van der Waals surface area (Å²) in [5, 5.41) is 1.80. The lowest BCUT2D eigenvalue weighted by atomic mass is 10.1. The summed E-state index contributed by atoms with van der Waals surface area (Å²) in [6.07, 6.45) is 3.00. The Morgan fingerprint density at radius 3 is 2.71 bits per heavy atom. The van der Waals surface area contributed by atoms with Crippen molar-refractivity contribution in [1.29, 1.82) is 0 Å². The normalized spacial score (nSPS) is 21.2. The molecule has 3 aromatic rings. The lowest BCUT2D eigenvalue weighted by Crippen LogP contribution is -2.33. The molecule has 4 nitrogen and oxygen atoms in total. The number of anilines is 1. The molecular formula is C20H23N3O. The molecule has 1 atom stereocenters. The lowest BCUT2D eigenvalue weighted by Gasteiger charge is -2.28. The molecule has 0 saturated heterocycles. The summed E-state index contributed by atoms with van der Waals surface area (Å²) in [6, 6.07) is 7.81. The molecule has 0 amide bonds. The molecule has 0 fully saturated rings. The van der Waals surface area contributed by atoms with E-state index in [4.69, 9.17) is 9.90 Å². The second kappa shape index (κ2) is 5.26. The summed E-state index contributed by atoms with van der Waals surface area (Å²) >= 11 is 0. The fraction of sp³-hybridized carbons (Fsp3) is 0.350. The largest absolute Gasteiger partial charge is 0.435 e. The Bertz CT molecular complexity index is 1090. The van der Waals surface area contributed by atoms with Crippen LogP contribution in [0.2, 0.25) is 0 Å². The SMILES string of the molecule is [2H]C(C)(C)c1ccc2c(n1)oc1c(N3C=CN(C([2H])([2H])[2H])[C@@H]3C)c(C)ccc12. The minimum atomic E-state index is -2.21. The summed E-state index contributed by atoms with van der Waals surface area (Å²) < 4.78 is 37.6. The summed E-state index contributed by atoms with van der Waals surface area (Å²) in [5.74, 6) is -0.821. The van der Waals surface area contributed by atoms with Gasteiger partial charge in [0, 0.05) is 41.3 Å². The van der Waals surface area contributed by atoms with E-state index in [0.29, 0.717) is 17.0 Å². The molecule has 2 aromatic heterocycles. The van der Waals surface area contributed by atoms with Crippen molar-refractivity contribution < 1.29 is 9.90 Å². The summed E-state index contributed by atoms with van der Waals surface area (Å²) in [4.78, 5) is 7.84. The van der Waals surface area contributed by atoms with Crippen molar-refractivity contribution in [3.8, 4) is 0 Å². The predicted molar refractivity (Wildman–Crippen MR) is 99.2 cm³/mol. The molecule has 3 heterocycles. The van der Waals surface area contributed by atoms with Gasteiger partial charge in [0.2, 0.25) is 5.71 Å². The molecule has 0 N–H and O–H groups in total. The molecule has 0 unspecified atom stereocenters. The molecule has 124 valence electrons. The molecule has 0 spiro atoms. The van der Waals surface area contributed by atoms with Crippen molar-refractivity contribution in [2.45, 2.75) is 39.8 Å². The number of hydrogen-bond donors (Lipinski definition) is 0. The van der Waals surface area contributed by atoms with Crippen molar-refractivity contribution in [2.24, 2.45) is 0 Å². The van der Waals surface area contributed by atoms with E-state index in [1.807, 2.05) is 43.0 Å². The van der Waals surface area contributed by atoms with Gasteiger partial charge in [0.15, 0.2) is 5.58 Å². The molecule has 0 bridgehead atoms. The number of benzene rings is 1. The standard InChI is InChI=1S/C20H23N3O/c1-12(2)17-9-8-16-15-7-6-13(3)18(19(15)24-20(16)21-17)23-11-10-22(5)14(23)4/h6-12,14H,1-5H3/t14-/m0/s1/i5D3,12D. The summed E-state index contributed by atoms with van der Waals surface area (Å²) in [5.41, 5.74) is 3.61. The number of nitrogens with zero attached hydrogens (tertiary/aromatic N) is 3. The zero-order valence-electron chi connectivity index (χ0n) is 18.3. The topological polar surface area (TPSA) is 32.5 Å². The van der Waals surface area contributed by atoms with Gasteiger partial charge in [0.1, 0.15) is 6.17 Å². The second-order valence-electron chi connectivity index (χ2n) is 6.50. The van der Waals surface area contributed by atoms with Crippen LogP contribution in [0, 0.1) is 6.92 Å². The van der Waals surface area contributed by atoms with Gasteiger partial charge in [-0.05, 0) is 37.4 Å². The smallest absolute Gasteiger partial charge is 0.227 e. The van der Waals surface area contributed by atoms with Gasteiger partial charge in [0.25, 0.3) is 0 Å². The van der Waals surface area contributed by atoms with E-state index in [-0.39, 0.29) is 6.17 Å². The van der Waals surface area contributed by atoms with Gasteiger partial charge < -0.3 is 14.2 Å². The fourth-order valence-electron chi connectivity index (χ4n) is 3.19. The van der Waals surface area contributed by atoms with Gasteiger partial charge in [-0.25, -0.2) is 4.98 Å². The Labute approximate surface area is 148 Å². The number of rotatable bonds is 2. The third-order valence-electron chi connectivity index (χ3n) is 4.65. The maximum Gasteiger partial charge on any atom is 0.227 e. The first-order valence-corrected chi connectivity index (χ1v) is 8.07. The van der Waals surface area contributed by atoms with Crippen LogP contribution < -0.4 is 4.90 Å². The van der Waals surface area contributed by atoms with Gasteiger partial charge in [-0.3, -0.25) is 0 Å². The zero-order chi connectivity index (χ0) is 20.4. The number of pyridine rings is 1. The zero-order valence-corrected chi connectivity index (χ0v) is 14.3. The van der Waals surface area contributed by atoms with Crippen LogP contribution in [0.4, 0.5) is 5.69 Å². The molecular weight excluding hydrogens is 298 g/mol. The van der Waals surface area contributed by atoms with Gasteiger partial charge in [-0.2, -0.15) is 0 Å². The molecule has 1 aliphatic rings. The number of fused-ring (bicyclic) bond motifs is 3. The Morgan fingerprint density at radius 1 is 1.21 bits per heavy atom. The fourth-order valence-corrected chi connectivity index (χ4v) is 3.19.